The number of ether oxygens (including phenoxy) is 1. The molecule has 0 spiro atoms. The van der Waals surface area contributed by atoms with Crippen molar-refractivity contribution in [3.8, 4) is 0 Å². The van der Waals surface area contributed by atoms with E-state index in [1.165, 1.54) is 12.3 Å². The summed E-state index contributed by atoms with van der Waals surface area (Å²) in [6, 6.07) is 2.41. The van der Waals surface area contributed by atoms with Crippen LogP contribution in [0.2, 0.25) is 0 Å². The summed E-state index contributed by atoms with van der Waals surface area (Å²) in [5, 5.41) is 12.7. The van der Waals surface area contributed by atoms with Gasteiger partial charge in [0.05, 0.1) is 36.6 Å². The summed E-state index contributed by atoms with van der Waals surface area (Å²) in [4.78, 5) is 5.83. The molecule has 23 heavy (non-hydrogen) atoms. The fraction of sp³-hybridized carbons (Fsp3) is 0.667. The van der Waals surface area contributed by atoms with E-state index in [1.54, 1.807) is 0 Å². The molecule has 0 saturated carbocycles. The molecule has 2 N–H and O–H groups in total. The SMILES string of the molecule is C[C@@H]1COC[C@@](CO)(CNCc2ncccc2C(F)(F)F)N1C. The Balaban J connectivity index is 2.04. The predicted molar refractivity (Wildman–Crippen MR) is 78.8 cm³/mol. The van der Waals surface area contributed by atoms with Crippen molar-refractivity contribution >= 4 is 0 Å². The molecule has 0 aliphatic carbocycles. The van der Waals surface area contributed by atoms with Crippen LogP contribution in [0.25, 0.3) is 0 Å². The van der Waals surface area contributed by atoms with E-state index in [4.69, 9.17) is 4.74 Å². The number of nitrogens with one attached hydrogen (secondary N) is 1. The van der Waals surface area contributed by atoms with Gasteiger partial charge in [0.15, 0.2) is 0 Å². The van der Waals surface area contributed by atoms with Crippen LogP contribution in [0.1, 0.15) is 18.2 Å². The summed E-state index contributed by atoms with van der Waals surface area (Å²) in [6.07, 6.45) is -3.09. The first-order valence-corrected chi connectivity index (χ1v) is 7.43. The molecule has 0 unspecified atom stereocenters. The van der Waals surface area contributed by atoms with Crippen LogP contribution in [-0.2, 0) is 17.5 Å². The highest BCUT2D eigenvalue weighted by molar-refractivity contribution is 5.22. The first-order valence-electron chi connectivity index (χ1n) is 7.43. The minimum Gasteiger partial charge on any atom is -0.394 e. The smallest absolute Gasteiger partial charge is 0.394 e. The molecule has 2 atom stereocenters. The highest BCUT2D eigenvalue weighted by Crippen LogP contribution is 2.31. The van der Waals surface area contributed by atoms with E-state index in [9.17, 15) is 18.3 Å². The number of alkyl halides is 3. The third-order valence-corrected chi connectivity index (χ3v) is 4.38. The molecule has 0 aromatic carbocycles. The van der Waals surface area contributed by atoms with E-state index in [0.29, 0.717) is 19.8 Å². The van der Waals surface area contributed by atoms with Crippen LogP contribution in [0.5, 0.6) is 0 Å². The largest absolute Gasteiger partial charge is 0.418 e. The Labute approximate surface area is 133 Å². The van der Waals surface area contributed by atoms with Gasteiger partial charge in [-0.05, 0) is 26.1 Å². The monoisotopic (exact) mass is 333 g/mol. The molecule has 1 aromatic rings. The van der Waals surface area contributed by atoms with E-state index in [-0.39, 0.29) is 24.9 Å². The Bertz CT molecular complexity index is 527. The van der Waals surface area contributed by atoms with E-state index in [1.807, 2.05) is 18.9 Å². The Morgan fingerprint density at radius 3 is 2.91 bits per heavy atom. The van der Waals surface area contributed by atoms with E-state index in [2.05, 4.69) is 10.3 Å². The van der Waals surface area contributed by atoms with Crippen LogP contribution >= 0.6 is 0 Å². The van der Waals surface area contributed by atoms with Crippen LogP contribution in [-0.4, -0.2) is 60.0 Å². The Morgan fingerprint density at radius 2 is 2.26 bits per heavy atom. The molecular weight excluding hydrogens is 311 g/mol. The summed E-state index contributed by atoms with van der Waals surface area (Å²) < 4.78 is 44.3. The summed E-state index contributed by atoms with van der Waals surface area (Å²) in [6.45, 7) is 3.00. The van der Waals surface area contributed by atoms with Crippen molar-refractivity contribution in [2.24, 2.45) is 0 Å². The highest BCUT2D eigenvalue weighted by Gasteiger charge is 2.40. The number of hydrogen-bond donors (Lipinski definition) is 2. The van der Waals surface area contributed by atoms with Crippen molar-refractivity contribution in [3.63, 3.8) is 0 Å². The molecule has 1 aliphatic rings. The third-order valence-electron chi connectivity index (χ3n) is 4.38. The van der Waals surface area contributed by atoms with Crippen molar-refractivity contribution in [2.45, 2.75) is 31.2 Å². The number of pyridine rings is 1. The molecule has 1 aliphatic heterocycles. The molecule has 5 nitrogen and oxygen atoms in total. The Hall–Kier alpha value is -1.22. The maximum Gasteiger partial charge on any atom is 0.418 e. The number of aliphatic hydroxyl groups excluding tert-OH is 1. The van der Waals surface area contributed by atoms with Crippen molar-refractivity contribution < 1.29 is 23.0 Å². The van der Waals surface area contributed by atoms with Gasteiger partial charge in [0.2, 0.25) is 0 Å². The third kappa shape index (κ3) is 4.00. The normalized spacial score (nSPS) is 26.4. The molecule has 0 radical (unpaired) electrons. The molecule has 2 heterocycles. The summed E-state index contributed by atoms with van der Waals surface area (Å²) in [5.41, 5.74) is -1.45. The quantitative estimate of drug-likeness (QED) is 0.850. The Morgan fingerprint density at radius 1 is 1.52 bits per heavy atom. The molecule has 1 saturated heterocycles. The average Bonchev–Trinajstić information content (AvgIpc) is 2.51. The zero-order valence-corrected chi connectivity index (χ0v) is 13.2. The Kier molecular flexibility index (Phi) is 5.61. The van der Waals surface area contributed by atoms with Crippen molar-refractivity contribution in [1.82, 2.24) is 15.2 Å². The molecule has 0 bridgehead atoms. The van der Waals surface area contributed by atoms with Gasteiger partial charge in [-0.15, -0.1) is 0 Å². The number of hydrogen-bond acceptors (Lipinski definition) is 5. The van der Waals surface area contributed by atoms with E-state index < -0.39 is 17.3 Å². The van der Waals surface area contributed by atoms with Gasteiger partial charge in [-0.3, -0.25) is 9.88 Å². The first kappa shape index (κ1) is 18.1. The maximum absolute atomic E-state index is 12.9. The maximum atomic E-state index is 12.9. The van der Waals surface area contributed by atoms with Crippen molar-refractivity contribution in [2.75, 3.05) is 33.4 Å². The number of likely N-dealkylation sites (N-methyl/N-ethyl adjacent to an activating group) is 1. The van der Waals surface area contributed by atoms with Gasteiger partial charge in [-0.2, -0.15) is 13.2 Å². The average molecular weight is 333 g/mol. The lowest BCUT2D eigenvalue weighted by Gasteiger charge is -2.47. The van der Waals surface area contributed by atoms with Gasteiger partial charge in [-0.1, -0.05) is 0 Å². The number of nitrogens with zero attached hydrogens (tertiary/aromatic N) is 2. The second kappa shape index (κ2) is 7.12. The fourth-order valence-corrected chi connectivity index (χ4v) is 2.74. The van der Waals surface area contributed by atoms with Gasteiger partial charge in [-0.25, -0.2) is 0 Å². The number of aromatic nitrogens is 1. The lowest BCUT2D eigenvalue weighted by atomic mass is 9.96. The summed E-state index contributed by atoms with van der Waals surface area (Å²) in [7, 11) is 1.88. The lowest BCUT2D eigenvalue weighted by Crippen LogP contribution is -2.65. The zero-order chi connectivity index (χ0) is 17.1. The second-order valence-corrected chi connectivity index (χ2v) is 5.96. The molecule has 1 fully saturated rings. The fourth-order valence-electron chi connectivity index (χ4n) is 2.74. The minimum atomic E-state index is -4.43. The van der Waals surface area contributed by atoms with Crippen LogP contribution in [0.3, 0.4) is 0 Å². The standard InChI is InChI=1S/C15H22F3N3O2/c1-11-7-23-10-14(9-22,21(11)2)8-19-6-13-12(15(16,17)18)4-3-5-20-13/h3-5,11,19,22H,6-10H2,1-2H3/t11-,14+/m1/s1. The van der Waals surface area contributed by atoms with E-state index in [0.717, 1.165) is 6.07 Å². The second-order valence-electron chi connectivity index (χ2n) is 5.96. The number of halogens is 3. The number of rotatable bonds is 5. The van der Waals surface area contributed by atoms with Crippen molar-refractivity contribution in [3.05, 3.63) is 29.6 Å². The molecule has 130 valence electrons. The minimum absolute atomic E-state index is 0.0281. The molecule has 1 aromatic heterocycles. The number of morpholine rings is 1. The van der Waals surface area contributed by atoms with Crippen LogP contribution in [0.15, 0.2) is 18.3 Å². The zero-order valence-electron chi connectivity index (χ0n) is 13.2. The van der Waals surface area contributed by atoms with Gasteiger partial charge in [0.1, 0.15) is 0 Å². The highest BCUT2D eigenvalue weighted by atomic mass is 19.4. The van der Waals surface area contributed by atoms with Gasteiger partial charge < -0.3 is 15.2 Å². The van der Waals surface area contributed by atoms with Gasteiger partial charge in [0.25, 0.3) is 0 Å². The molecule has 2 rings (SSSR count). The molecular formula is C15H22F3N3O2. The summed E-state index contributed by atoms with van der Waals surface area (Å²) >= 11 is 0. The topological polar surface area (TPSA) is 57.6 Å². The van der Waals surface area contributed by atoms with Gasteiger partial charge >= 0.3 is 6.18 Å². The van der Waals surface area contributed by atoms with Crippen LogP contribution in [0, 0.1) is 0 Å². The van der Waals surface area contributed by atoms with E-state index >= 15 is 0 Å². The van der Waals surface area contributed by atoms with Crippen LogP contribution < -0.4 is 5.32 Å². The first-order chi connectivity index (χ1) is 10.8. The molecule has 8 heteroatoms. The van der Waals surface area contributed by atoms with Crippen LogP contribution in [0.4, 0.5) is 13.2 Å². The predicted octanol–water partition coefficient (Wildman–Crippen LogP) is 1.27. The lowest BCUT2D eigenvalue weighted by molar-refractivity contribution is -0.138. The molecule has 0 amide bonds. The summed E-state index contributed by atoms with van der Waals surface area (Å²) in [5.74, 6) is 0. The van der Waals surface area contributed by atoms with Gasteiger partial charge in [0, 0.05) is 25.3 Å². The van der Waals surface area contributed by atoms with Crippen molar-refractivity contribution in [1.29, 1.82) is 0 Å². The number of aliphatic hydroxyl groups is 1.